The third-order valence-corrected chi connectivity index (χ3v) is 1.81. The van der Waals surface area contributed by atoms with Crippen LogP contribution in [0.5, 0.6) is 0 Å². The molecule has 0 saturated heterocycles. The molecule has 1 aromatic carbocycles. The van der Waals surface area contributed by atoms with Crippen molar-refractivity contribution in [1.82, 2.24) is 0 Å². The lowest BCUT2D eigenvalue weighted by Crippen LogP contribution is -1.90. The van der Waals surface area contributed by atoms with E-state index < -0.39 is 6.10 Å². The molecule has 0 aromatic heterocycles. The molecule has 0 aliphatic carbocycles. The molecule has 0 spiro atoms. The fourth-order valence-corrected chi connectivity index (χ4v) is 1.22. The molecule has 0 radical (unpaired) electrons. The second kappa shape index (κ2) is 4.51. The summed E-state index contributed by atoms with van der Waals surface area (Å²) in [6.45, 7) is 0. The number of benzene rings is 1. The smallest absolute Gasteiger partial charge is 0.0979 e. The maximum absolute atomic E-state index is 9.43. The summed E-state index contributed by atoms with van der Waals surface area (Å²) in [4.78, 5) is 0. The zero-order valence-corrected chi connectivity index (χ0v) is 8.10. The van der Waals surface area contributed by atoms with Gasteiger partial charge in [0.2, 0.25) is 0 Å². The minimum absolute atomic E-state index is 0.465. The van der Waals surface area contributed by atoms with Crippen LogP contribution in [0.4, 0.5) is 0 Å². The fourth-order valence-electron chi connectivity index (χ4n) is 0.830. The quantitative estimate of drug-likeness (QED) is 0.810. The molecule has 1 atom stereocenters. The van der Waals surface area contributed by atoms with E-state index in [4.69, 9.17) is 0 Å². The lowest BCUT2D eigenvalue weighted by atomic mass is 10.1. The molecule has 0 amide bonds. The predicted molar refractivity (Wildman–Crippen MR) is 54.6 cm³/mol. The second-order valence-electron chi connectivity index (χ2n) is 2.17. The summed E-state index contributed by atoms with van der Waals surface area (Å²) in [5.41, 5.74) is 0.931. The standard InChI is InChI=1S/C9H9IO/c10-7-6-9(11)8-4-2-1-3-5-8/h1-7,9,11H/b7-6-. The Labute approximate surface area is 79.9 Å². The van der Waals surface area contributed by atoms with Crippen LogP contribution in [0.2, 0.25) is 0 Å². The highest BCUT2D eigenvalue weighted by Gasteiger charge is 1.99. The van der Waals surface area contributed by atoms with Gasteiger partial charge in [-0.3, -0.25) is 0 Å². The zero-order valence-electron chi connectivity index (χ0n) is 5.94. The molecule has 1 nitrogen and oxygen atoms in total. The molecule has 0 bridgehead atoms. The molecule has 0 heterocycles. The van der Waals surface area contributed by atoms with Crippen molar-refractivity contribution >= 4 is 22.6 Å². The van der Waals surface area contributed by atoms with Crippen LogP contribution < -0.4 is 0 Å². The molecule has 2 heteroatoms. The molecule has 58 valence electrons. The van der Waals surface area contributed by atoms with Gasteiger partial charge in [0.1, 0.15) is 0 Å². The van der Waals surface area contributed by atoms with E-state index in [2.05, 4.69) is 22.6 Å². The normalized spacial score (nSPS) is 13.6. The third-order valence-electron chi connectivity index (χ3n) is 1.40. The summed E-state index contributed by atoms with van der Waals surface area (Å²) in [7, 11) is 0. The van der Waals surface area contributed by atoms with Crippen molar-refractivity contribution in [2.45, 2.75) is 6.10 Å². The maximum atomic E-state index is 9.43. The van der Waals surface area contributed by atoms with Crippen molar-refractivity contribution in [2.24, 2.45) is 0 Å². The van der Waals surface area contributed by atoms with E-state index in [1.807, 2.05) is 34.4 Å². The van der Waals surface area contributed by atoms with Gasteiger partial charge >= 0.3 is 0 Å². The van der Waals surface area contributed by atoms with Gasteiger partial charge in [0.25, 0.3) is 0 Å². The van der Waals surface area contributed by atoms with E-state index in [1.165, 1.54) is 0 Å². The number of hydrogen-bond acceptors (Lipinski definition) is 1. The van der Waals surface area contributed by atoms with E-state index in [-0.39, 0.29) is 0 Å². The molecule has 0 saturated carbocycles. The molecule has 1 rings (SSSR count). The Morgan fingerprint density at radius 3 is 2.45 bits per heavy atom. The molecule has 11 heavy (non-hydrogen) atoms. The molecular formula is C9H9IO. The Hall–Kier alpha value is -0.350. The lowest BCUT2D eigenvalue weighted by molar-refractivity contribution is 0.229. The molecule has 1 unspecified atom stereocenters. The topological polar surface area (TPSA) is 20.2 Å². The van der Waals surface area contributed by atoms with E-state index in [0.717, 1.165) is 5.56 Å². The first-order chi connectivity index (χ1) is 5.34. The number of aliphatic hydroxyl groups excluding tert-OH is 1. The van der Waals surface area contributed by atoms with Gasteiger partial charge in [0.15, 0.2) is 0 Å². The number of halogens is 1. The largest absolute Gasteiger partial charge is 0.384 e. The summed E-state index contributed by atoms with van der Waals surface area (Å²) in [6, 6.07) is 9.58. The van der Waals surface area contributed by atoms with Crippen LogP contribution in [0.1, 0.15) is 11.7 Å². The van der Waals surface area contributed by atoms with Gasteiger partial charge in [-0.15, -0.1) is 0 Å². The van der Waals surface area contributed by atoms with Crippen LogP contribution in [0.25, 0.3) is 0 Å². The van der Waals surface area contributed by atoms with Gasteiger partial charge < -0.3 is 5.11 Å². The lowest BCUT2D eigenvalue weighted by Gasteiger charge is -2.03. The van der Waals surface area contributed by atoms with Gasteiger partial charge in [-0.25, -0.2) is 0 Å². The Morgan fingerprint density at radius 2 is 1.91 bits per heavy atom. The molecule has 0 aliphatic heterocycles. The number of rotatable bonds is 2. The van der Waals surface area contributed by atoms with E-state index in [9.17, 15) is 5.11 Å². The predicted octanol–water partition coefficient (Wildman–Crippen LogP) is 2.67. The van der Waals surface area contributed by atoms with Crippen LogP contribution in [-0.4, -0.2) is 5.11 Å². The Kier molecular flexibility index (Phi) is 3.59. The van der Waals surface area contributed by atoms with Crippen molar-refractivity contribution in [2.75, 3.05) is 0 Å². The SMILES string of the molecule is OC(/C=C\I)c1ccccc1. The minimum Gasteiger partial charge on any atom is -0.384 e. The van der Waals surface area contributed by atoms with Crippen LogP contribution in [0, 0.1) is 0 Å². The van der Waals surface area contributed by atoms with Crippen molar-refractivity contribution in [3.63, 3.8) is 0 Å². The van der Waals surface area contributed by atoms with E-state index in [1.54, 1.807) is 6.08 Å². The average molecular weight is 260 g/mol. The highest BCUT2D eigenvalue weighted by molar-refractivity contribution is 14.1. The van der Waals surface area contributed by atoms with Crippen LogP contribution >= 0.6 is 22.6 Å². The van der Waals surface area contributed by atoms with Crippen LogP contribution in [0.15, 0.2) is 40.5 Å². The monoisotopic (exact) mass is 260 g/mol. The van der Waals surface area contributed by atoms with Gasteiger partial charge in [-0.2, -0.15) is 0 Å². The molecular weight excluding hydrogens is 251 g/mol. The van der Waals surface area contributed by atoms with Crippen molar-refractivity contribution in [3.05, 3.63) is 46.1 Å². The average Bonchev–Trinajstić information content (AvgIpc) is 2.07. The Morgan fingerprint density at radius 1 is 1.27 bits per heavy atom. The summed E-state index contributed by atoms with van der Waals surface area (Å²) in [5.74, 6) is 0. The molecule has 0 fully saturated rings. The van der Waals surface area contributed by atoms with Crippen LogP contribution in [-0.2, 0) is 0 Å². The first-order valence-corrected chi connectivity index (χ1v) is 4.59. The van der Waals surface area contributed by atoms with E-state index >= 15 is 0 Å². The minimum atomic E-state index is -0.465. The summed E-state index contributed by atoms with van der Waals surface area (Å²) >= 11 is 2.09. The Balaban J connectivity index is 2.76. The first kappa shape index (κ1) is 8.74. The van der Waals surface area contributed by atoms with Crippen molar-refractivity contribution < 1.29 is 5.11 Å². The zero-order chi connectivity index (χ0) is 8.10. The molecule has 0 aliphatic rings. The van der Waals surface area contributed by atoms with E-state index in [0.29, 0.717) is 0 Å². The highest BCUT2D eigenvalue weighted by atomic mass is 127. The van der Waals surface area contributed by atoms with Gasteiger partial charge in [0, 0.05) is 0 Å². The fraction of sp³-hybridized carbons (Fsp3) is 0.111. The van der Waals surface area contributed by atoms with Gasteiger partial charge in [-0.05, 0) is 15.7 Å². The number of aliphatic hydroxyl groups is 1. The first-order valence-electron chi connectivity index (χ1n) is 3.34. The highest BCUT2D eigenvalue weighted by Crippen LogP contribution is 2.13. The van der Waals surface area contributed by atoms with Crippen molar-refractivity contribution in [1.29, 1.82) is 0 Å². The van der Waals surface area contributed by atoms with Crippen molar-refractivity contribution in [3.8, 4) is 0 Å². The Bertz CT molecular complexity index is 231. The maximum Gasteiger partial charge on any atom is 0.0979 e. The summed E-state index contributed by atoms with van der Waals surface area (Å²) < 4.78 is 1.81. The van der Waals surface area contributed by atoms with Crippen LogP contribution in [0.3, 0.4) is 0 Å². The summed E-state index contributed by atoms with van der Waals surface area (Å²) in [6.07, 6.45) is 1.28. The second-order valence-corrected chi connectivity index (χ2v) is 2.89. The van der Waals surface area contributed by atoms with Gasteiger partial charge in [-0.1, -0.05) is 52.9 Å². The molecule has 1 N–H and O–H groups in total. The third kappa shape index (κ3) is 2.63. The number of hydrogen-bond donors (Lipinski definition) is 1. The summed E-state index contributed by atoms with van der Waals surface area (Å²) in [5, 5.41) is 9.43. The molecule has 1 aromatic rings. The van der Waals surface area contributed by atoms with Gasteiger partial charge in [0.05, 0.1) is 6.10 Å².